The second kappa shape index (κ2) is 17.7. The van der Waals surface area contributed by atoms with Crippen LogP contribution in [0.3, 0.4) is 0 Å². The molecule has 0 heterocycles. The van der Waals surface area contributed by atoms with E-state index in [1.54, 1.807) is 115 Å². The zero-order chi connectivity index (χ0) is 41.2. The molecule has 0 saturated carbocycles. The summed E-state index contributed by atoms with van der Waals surface area (Å²) < 4.78 is 22.7. The van der Waals surface area contributed by atoms with E-state index in [4.69, 9.17) is 31.8 Å². The molecule has 8 nitrogen and oxygen atoms in total. The van der Waals surface area contributed by atoms with Crippen LogP contribution in [0.4, 0.5) is 0 Å². The maximum Gasteiger partial charge on any atom is 0.343 e. The lowest BCUT2D eigenvalue weighted by molar-refractivity contribution is -0.139. The second-order valence-corrected chi connectivity index (χ2v) is 13.5. The average molecular weight is 765 g/mol. The van der Waals surface area contributed by atoms with Gasteiger partial charge in [-0.15, -0.1) is 12.8 Å². The molecule has 0 N–H and O–H groups in total. The highest BCUT2D eigenvalue weighted by Gasteiger charge is 2.25. The topological polar surface area (TPSA) is 105 Å². The van der Waals surface area contributed by atoms with Crippen LogP contribution >= 0.6 is 0 Å². The Bertz CT molecular complexity index is 2570. The van der Waals surface area contributed by atoms with Gasteiger partial charge in [0.2, 0.25) is 0 Å². The molecule has 6 rings (SSSR count). The maximum atomic E-state index is 13.3. The van der Waals surface area contributed by atoms with Crippen molar-refractivity contribution in [2.75, 3.05) is 0 Å². The summed E-state index contributed by atoms with van der Waals surface area (Å²) in [5.41, 5.74) is 4.79. The molecule has 0 aliphatic heterocycles. The zero-order valence-electron chi connectivity index (χ0n) is 31.7. The number of carbonyl (C=O) groups is 4. The molecule has 0 atom stereocenters. The van der Waals surface area contributed by atoms with Crippen LogP contribution in [0.25, 0.3) is 0 Å². The second-order valence-electron chi connectivity index (χ2n) is 13.5. The first-order chi connectivity index (χ1) is 28.0. The number of hydrogen-bond acceptors (Lipinski definition) is 8. The molecule has 6 aromatic carbocycles. The van der Waals surface area contributed by atoms with Gasteiger partial charge in [-0.25, -0.2) is 14.4 Å². The summed E-state index contributed by atoms with van der Waals surface area (Å²) in [6, 6.07) is 38.9. The smallest absolute Gasteiger partial charge is 0.343 e. The normalized spacial score (nSPS) is 10.6. The summed E-state index contributed by atoms with van der Waals surface area (Å²) in [4.78, 5) is 50.6. The first-order valence-electron chi connectivity index (χ1n) is 18.0. The molecule has 0 aliphatic rings. The third-order valence-electron chi connectivity index (χ3n) is 9.35. The van der Waals surface area contributed by atoms with E-state index >= 15 is 0 Å². The average Bonchev–Trinajstić information content (AvgIpc) is 3.26. The molecule has 0 bridgehead atoms. The number of terminal acetylenes is 2. The van der Waals surface area contributed by atoms with Crippen LogP contribution in [0, 0.1) is 24.7 Å². The summed E-state index contributed by atoms with van der Waals surface area (Å²) in [5, 5.41) is 0. The molecule has 0 unspecified atom stereocenters. The van der Waals surface area contributed by atoms with Gasteiger partial charge in [-0.3, -0.25) is 4.79 Å². The Morgan fingerprint density at radius 2 is 1.02 bits per heavy atom. The Balaban J connectivity index is 1.13. The Labute approximate surface area is 336 Å². The summed E-state index contributed by atoms with van der Waals surface area (Å²) in [6.07, 6.45) is 11.9. The quantitative estimate of drug-likeness (QED) is 0.0377. The molecule has 0 radical (unpaired) electrons. The number of ketones is 1. The van der Waals surface area contributed by atoms with Crippen molar-refractivity contribution >= 4 is 23.7 Å². The molecule has 284 valence electrons. The number of hydrogen-bond donors (Lipinski definition) is 0. The van der Waals surface area contributed by atoms with E-state index in [1.807, 2.05) is 38.1 Å². The van der Waals surface area contributed by atoms with Crippen LogP contribution in [-0.2, 0) is 21.6 Å². The predicted octanol–water partition coefficient (Wildman–Crippen LogP) is 9.67. The third kappa shape index (κ3) is 9.46. The molecular formula is C50H36O8. The van der Waals surface area contributed by atoms with Crippen LogP contribution in [0.15, 0.2) is 152 Å². The first kappa shape index (κ1) is 39.7. The standard InChI is InChI=1S/C50H36O8/c1-6-33-9-13-37(14-10-33)48(53)57-43-26-19-36(20-27-43)47(52)35-17-24-42(25-18-35)56-45-30-23-41(31-39(45)32-55-46(51)8-3)50(4,5)40-21-28-44(29-22-40)58-49(54)38-15-11-34(7-2)12-16-38/h1-2,8-31H,3,32H2,4-5H3. The predicted molar refractivity (Wildman–Crippen MR) is 220 cm³/mol. The number of rotatable bonds is 13. The maximum absolute atomic E-state index is 13.3. The zero-order valence-corrected chi connectivity index (χ0v) is 31.7. The van der Waals surface area contributed by atoms with Gasteiger partial charge in [0, 0.05) is 39.3 Å². The van der Waals surface area contributed by atoms with Crippen LogP contribution in [0.5, 0.6) is 23.0 Å². The summed E-state index contributed by atoms with van der Waals surface area (Å²) in [7, 11) is 0. The molecule has 6 aromatic rings. The summed E-state index contributed by atoms with van der Waals surface area (Å²) in [6.45, 7) is 7.50. The lowest BCUT2D eigenvalue weighted by Gasteiger charge is -2.27. The summed E-state index contributed by atoms with van der Waals surface area (Å²) in [5.74, 6) is 4.73. The third-order valence-corrected chi connectivity index (χ3v) is 9.35. The van der Waals surface area contributed by atoms with Crippen molar-refractivity contribution in [2.45, 2.75) is 25.9 Å². The van der Waals surface area contributed by atoms with Gasteiger partial charge in [-0.05, 0) is 132 Å². The minimum atomic E-state index is -0.586. The van der Waals surface area contributed by atoms with E-state index < -0.39 is 23.3 Å². The Morgan fingerprint density at radius 3 is 1.48 bits per heavy atom. The van der Waals surface area contributed by atoms with Crippen molar-refractivity contribution < 1.29 is 38.1 Å². The minimum absolute atomic E-state index is 0.0821. The SMILES string of the molecule is C#Cc1ccc(C(=O)Oc2ccc(C(=O)c3ccc(Oc4ccc(C(C)(C)c5ccc(OC(=O)c6ccc(C#C)cc6)cc5)cc4COC(=O)C=C)cc3)cc2)cc1. The Hall–Kier alpha value is -7.94. The fourth-order valence-electron chi connectivity index (χ4n) is 5.87. The van der Waals surface area contributed by atoms with E-state index in [-0.39, 0.29) is 18.1 Å². The Morgan fingerprint density at radius 1 is 0.586 bits per heavy atom. The number of carbonyl (C=O) groups excluding carboxylic acids is 4. The van der Waals surface area contributed by atoms with Gasteiger partial charge in [0.15, 0.2) is 5.78 Å². The van der Waals surface area contributed by atoms with Crippen molar-refractivity contribution in [3.8, 4) is 47.7 Å². The monoisotopic (exact) mass is 764 g/mol. The molecular weight excluding hydrogens is 729 g/mol. The van der Waals surface area contributed by atoms with Gasteiger partial charge in [-0.2, -0.15) is 0 Å². The minimum Gasteiger partial charge on any atom is -0.458 e. The van der Waals surface area contributed by atoms with Gasteiger partial charge in [-0.1, -0.05) is 50.5 Å². The van der Waals surface area contributed by atoms with Crippen LogP contribution < -0.4 is 14.2 Å². The van der Waals surface area contributed by atoms with Gasteiger partial charge in [0.1, 0.15) is 29.6 Å². The Kier molecular flexibility index (Phi) is 12.1. The van der Waals surface area contributed by atoms with E-state index in [0.717, 1.165) is 17.2 Å². The lowest BCUT2D eigenvalue weighted by atomic mass is 9.77. The fraction of sp³-hybridized carbons (Fsp3) is 0.0800. The molecule has 58 heavy (non-hydrogen) atoms. The first-order valence-corrected chi connectivity index (χ1v) is 18.0. The molecule has 0 spiro atoms. The van der Waals surface area contributed by atoms with E-state index in [0.29, 0.717) is 56.2 Å². The van der Waals surface area contributed by atoms with Gasteiger partial charge in [0.25, 0.3) is 0 Å². The molecule has 0 fully saturated rings. The molecule has 8 heteroatoms. The van der Waals surface area contributed by atoms with Crippen molar-refractivity contribution in [1.29, 1.82) is 0 Å². The highest BCUT2D eigenvalue weighted by molar-refractivity contribution is 6.09. The lowest BCUT2D eigenvalue weighted by Crippen LogP contribution is -2.19. The number of ether oxygens (including phenoxy) is 4. The van der Waals surface area contributed by atoms with Gasteiger partial charge >= 0.3 is 17.9 Å². The number of benzene rings is 6. The van der Waals surface area contributed by atoms with Crippen LogP contribution in [0.2, 0.25) is 0 Å². The van der Waals surface area contributed by atoms with Gasteiger partial charge in [0.05, 0.1) is 11.1 Å². The van der Waals surface area contributed by atoms with Gasteiger partial charge < -0.3 is 18.9 Å². The van der Waals surface area contributed by atoms with Crippen molar-refractivity contribution in [3.63, 3.8) is 0 Å². The van der Waals surface area contributed by atoms with Crippen LogP contribution in [-0.4, -0.2) is 23.7 Å². The molecule has 0 aromatic heterocycles. The van der Waals surface area contributed by atoms with E-state index in [9.17, 15) is 19.2 Å². The van der Waals surface area contributed by atoms with Crippen molar-refractivity contribution in [3.05, 3.63) is 202 Å². The van der Waals surface area contributed by atoms with Crippen molar-refractivity contribution in [2.24, 2.45) is 0 Å². The van der Waals surface area contributed by atoms with Crippen molar-refractivity contribution in [1.82, 2.24) is 0 Å². The fourth-order valence-corrected chi connectivity index (χ4v) is 5.87. The molecule has 0 aliphatic carbocycles. The van der Waals surface area contributed by atoms with E-state index in [1.165, 1.54) is 0 Å². The van der Waals surface area contributed by atoms with E-state index in [2.05, 4.69) is 18.4 Å². The number of esters is 3. The highest BCUT2D eigenvalue weighted by atomic mass is 16.5. The molecule has 0 amide bonds. The summed E-state index contributed by atoms with van der Waals surface area (Å²) >= 11 is 0. The highest BCUT2D eigenvalue weighted by Crippen LogP contribution is 2.36. The molecule has 0 saturated heterocycles. The largest absolute Gasteiger partial charge is 0.458 e. The van der Waals surface area contributed by atoms with Crippen LogP contribution in [0.1, 0.15) is 78.3 Å².